The summed E-state index contributed by atoms with van der Waals surface area (Å²) >= 11 is 0. The number of hydrogen-bond donors (Lipinski definition) is 2. The third-order valence-corrected chi connectivity index (χ3v) is 6.89. The summed E-state index contributed by atoms with van der Waals surface area (Å²) in [6, 6.07) is 7.46. The van der Waals surface area contributed by atoms with Crippen molar-refractivity contribution in [3.8, 4) is 18.1 Å². The van der Waals surface area contributed by atoms with Crippen LogP contribution in [0.1, 0.15) is 56.6 Å². The van der Waals surface area contributed by atoms with Gasteiger partial charge in [-0.25, -0.2) is 0 Å². The van der Waals surface area contributed by atoms with Crippen molar-refractivity contribution in [3.05, 3.63) is 41.0 Å². The van der Waals surface area contributed by atoms with Gasteiger partial charge in [-0.15, -0.1) is 12.3 Å². The van der Waals surface area contributed by atoms with E-state index in [1.807, 2.05) is 0 Å². The quantitative estimate of drug-likeness (QED) is 0.408. The van der Waals surface area contributed by atoms with Crippen molar-refractivity contribution >= 4 is 0 Å². The van der Waals surface area contributed by atoms with Crippen LogP contribution in [0.4, 0.5) is 0 Å². The Bertz CT molecular complexity index is 756. The van der Waals surface area contributed by atoms with Crippen LogP contribution in [-0.4, -0.2) is 32.3 Å². The van der Waals surface area contributed by atoms with Crippen LogP contribution in [0.5, 0.6) is 5.75 Å². The minimum Gasteiger partial charge on any atom is -0.489 e. The molecule has 2 N–H and O–H groups in total. The first-order chi connectivity index (χ1) is 13.7. The molecule has 150 valence electrons. The number of hydrogen-bond acceptors (Lipinski definition) is 3. The van der Waals surface area contributed by atoms with Crippen LogP contribution in [-0.2, 0) is 11.8 Å². The molecular formula is C25H34N2O. The van der Waals surface area contributed by atoms with Crippen molar-refractivity contribution in [2.45, 2.75) is 63.3 Å². The molecule has 4 rings (SSSR count). The van der Waals surface area contributed by atoms with Crippen molar-refractivity contribution in [1.29, 1.82) is 0 Å². The molecule has 1 spiro atoms. The maximum atomic E-state index is 6.02. The molecule has 0 aromatic heterocycles. The first kappa shape index (κ1) is 19.6. The SMILES string of the molecule is C#CCC/C=C(\C)COc1ccc2c(c1)CCC21CC1NCC1CCNCC1. The standard InChI is InChI=1S/C25H34N2O/c1-3-4-5-6-19(2)18-28-22-7-8-23-21(15-22)9-12-25(23)16-24(25)27-17-20-10-13-26-14-11-20/h1,6-8,15,20,24,26-27H,4-5,9-14,16-18H2,2H3/b19-6+. The molecule has 3 nitrogen and oxygen atoms in total. The number of piperidine rings is 1. The van der Waals surface area contributed by atoms with E-state index in [1.54, 1.807) is 5.56 Å². The summed E-state index contributed by atoms with van der Waals surface area (Å²) in [6.07, 6.45) is 15.7. The van der Waals surface area contributed by atoms with Crippen molar-refractivity contribution in [3.63, 3.8) is 0 Å². The highest BCUT2D eigenvalue weighted by Crippen LogP contribution is 2.57. The van der Waals surface area contributed by atoms with E-state index >= 15 is 0 Å². The number of aryl methyl sites for hydroxylation is 1. The highest BCUT2D eigenvalue weighted by molar-refractivity contribution is 5.49. The predicted octanol–water partition coefficient (Wildman–Crippen LogP) is 3.97. The normalized spacial score (nSPS) is 26.9. The van der Waals surface area contributed by atoms with E-state index in [9.17, 15) is 0 Å². The van der Waals surface area contributed by atoms with Crippen LogP contribution in [0, 0.1) is 18.3 Å². The lowest BCUT2D eigenvalue weighted by Gasteiger charge is -2.23. The van der Waals surface area contributed by atoms with Gasteiger partial charge in [-0.3, -0.25) is 0 Å². The lowest BCUT2D eigenvalue weighted by Crippen LogP contribution is -2.35. The molecule has 2 fully saturated rings. The van der Waals surface area contributed by atoms with Crippen LogP contribution in [0.25, 0.3) is 0 Å². The third kappa shape index (κ3) is 4.29. The fraction of sp³-hybridized carbons (Fsp3) is 0.600. The smallest absolute Gasteiger partial charge is 0.120 e. The molecule has 3 aliphatic rings. The van der Waals surface area contributed by atoms with Gasteiger partial charge in [0.2, 0.25) is 0 Å². The molecule has 1 saturated heterocycles. The first-order valence-corrected chi connectivity index (χ1v) is 11.0. The van der Waals surface area contributed by atoms with Gasteiger partial charge in [0.25, 0.3) is 0 Å². The Labute approximate surface area is 170 Å². The lowest BCUT2D eigenvalue weighted by atomic mass is 9.96. The summed E-state index contributed by atoms with van der Waals surface area (Å²) in [6.45, 7) is 6.32. The minimum absolute atomic E-state index is 0.409. The summed E-state index contributed by atoms with van der Waals surface area (Å²) in [5.74, 6) is 4.53. The molecule has 0 amide bonds. The van der Waals surface area contributed by atoms with E-state index in [-0.39, 0.29) is 0 Å². The minimum atomic E-state index is 0.409. The highest BCUT2D eigenvalue weighted by Gasteiger charge is 2.57. The number of ether oxygens (including phenoxy) is 1. The fourth-order valence-electron chi connectivity index (χ4n) is 5.04. The highest BCUT2D eigenvalue weighted by atomic mass is 16.5. The van der Waals surface area contributed by atoms with Crippen molar-refractivity contribution in [2.24, 2.45) is 5.92 Å². The number of fused-ring (bicyclic) bond motifs is 2. The number of rotatable bonds is 8. The summed E-state index contributed by atoms with van der Waals surface area (Å²) in [5.41, 5.74) is 4.73. The largest absolute Gasteiger partial charge is 0.489 e. The summed E-state index contributed by atoms with van der Waals surface area (Å²) in [7, 11) is 0. The topological polar surface area (TPSA) is 33.3 Å². The molecule has 28 heavy (non-hydrogen) atoms. The Morgan fingerprint density at radius 2 is 2.25 bits per heavy atom. The lowest BCUT2D eigenvalue weighted by molar-refractivity contribution is 0.350. The Hall–Kier alpha value is -1.76. The zero-order chi connectivity index (χ0) is 19.4. The van der Waals surface area contributed by atoms with Crippen LogP contribution in [0.15, 0.2) is 29.8 Å². The monoisotopic (exact) mass is 378 g/mol. The molecule has 0 radical (unpaired) electrons. The Morgan fingerprint density at radius 3 is 3.07 bits per heavy atom. The van der Waals surface area contributed by atoms with Gasteiger partial charge >= 0.3 is 0 Å². The number of benzene rings is 1. The molecule has 2 atom stereocenters. The molecular weight excluding hydrogens is 344 g/mol. The van der Waals surface area contributed by atoms with Gasteiger partial charge in [-0.1, -0.05) is 12.1 Å². The van der Waals surface area contributed by atoms with Gasteiger partial charge < -0.3 is 15.4 Å². The molecule has 2 unspecified atom stereocenters. The molecule has 1 aliphatic heterocycles. The van der Waals surface area contributed by atoms with Gasteiger partial charge in [0.15, 0.2) is 0 Å². The number of unbranched alkanes of at least 4 members (excludes halogenated alkanes) is 1. The first-order valence-electron chi connectivity index (χ1n) is 11.0. The molecule has 1 aromatic rings. The van der Waals surface area contributed by atoms with Gasteiger partial charge in [-0.2, -0.15) is 0 Å². The van der Waals surface area contributed by atoms with Crippen LogP contribution >= 0.6 is 0 Å². The average Bonchev–Trinajstić information content (AvgIpc) is 3.32. The number of terminal acetylenes is 1. The maximum Gasteiger partial charge on any atom is 0.120 e. The Morgan fingerprint density at radius 1 is 1.39 bits per heavy atom. The second kappa shape index (κ2) is 8.72. The zero-order valence-electron chi connectivity index (χ0n) is 17.2. The molecule has 1 saturated carbocycles. The second-order valence-electron chi connectivity index (χ2n) is 8.92. The summed E-state index contributed by atoms with van der Waals surface area (Å²) in [5, 5.41) is 7.36. The van der Waals surface area contributed by atoms with Crippen LogP contribution < -0.4 is 15.4 Å². The average molecular weight is 379 g/mol. The van der Waals surface area contributed by atoms with E-state index < -0.39 is 0 Å². The van der Waals surface area contributed by atoms with Crippen molar-refractivity contribution in [1.82, 2.24) is 10.6 Å². The van der Waals surface area contributed by atoms with E-state index in [4.69, 9.17) is 11.2 Å². The molecule has 2 aliphatic carbocycles. The van der Waals surface area contributed by atoms with Crippen LogP contribution in [0.3, 0.4) is 0 Å². The Balaban J connectivity index is 1.30. The van der Waals surface area contributed by atoms with E-state index in [0.717, 1.165) is 24.5 Å². The zero-order valence-corrected chi connectivity index (χ0v) is 17.2. The predicted molar refractivity (Wildman–Crippen MR) is 116 cm³/mol. The van der Waals surface area contributed by atoms with Gasteiger partial charge in [-0.05, 0) is 99.8 Å². The molecule has 1 aromatic carbocycles. The third-order valence-electron chi connectivity index (χ3n) is 6.89. The molecule has 3 heteroatoms. The van der Waals surface area contributed by atoms with Gasteiger partial charge in [0.1, 0.15) is 12.4 Å². The van der Waals surface area contributed by atoms with E-state index in [2.05, 4.69) is 47.8 Å². The van der Waals surface area contributed by atoms with E-state index in [0.29, 0.717) is 18.1 Å². The molecule has 1 heterocycles. The summed E-state index contributed by atoms with van der Waals surface area (Å²) in [4.78, 5) is 0. The summed E-state index contributed by atoms with van der Waals surface area (Å²) < 4.78 is 6.02. The van der Waals surface area contributed by atoms with Crippen molar-refractivity contribution < 1.29 is 4.74 Å². The Kier molecular flexibility index (Phi) is 6.09. The van der Waals surface area contributed by atoms with Gasteiger partial charge in [0.05, 0.1) is 0 Å². The van der Waals surface area contributed by atoms with Gasteiger partial charge in [0, 0.05) is 17.9 Å². The van der Waals surface area contributed by atoms with Crippen LogP contribution in [0.2, 0.25) is 0 Å². The van der Waals surface area contributed by atoms with Crippen molar-refractivity contribution in [2.75, 3.05) is 26.2 Å². The van der Waals surface area contributed by atoms with E-state index in [1.165, 1.54) is 62.9 Å². The fourth-order valence-corrected chi connectivity index (χ4v) is 5.04. The molecule has 0 bridgehead atoms. The second-order valence-corrected chi connectivity index (χ2v) is 8.92. The number of allylic oxidation sites excluding steroid dienone is 1. The maximum absolute atomic E-state index is 6.02. The number of nitrogens with one attached hydrogen (secondary N) is 2.